The first-order chi connectivity index (χ1) is 31.3. The van der Waals surface area contributed by atoms with Crippen LogP contribution in [0.2, 0.25) is 0 Å². The second kappa shape index (κ2) is 23.0. The number of aliphatic carboxylic acids is 1. The number of imide groups is 1. The van der Waals surface area contributed by atoms with Crippen molar-refractivity contribution in [2.24, 2.45) is 5.73 Å². The Morgan fingerprint density at radius 2 is 1.39 bits per heavy atom. The SMILES string of the molecule is CC1(c2ccc(C(=N)N)cc2)NC(=O)N(CC(=O)NC(CC(=O)O)c2ccccc2)C1=O.CCC(N(Cc1cccc(N)c1)Cc1cc(CP(=O)(O)OC)cc(CP(=O)(O)OC)c1)P(=O)(O)O. The third kappa shape index (κ3) is 15.5. The van der Waals surface area contributed by atoms with Crippen LogP contribution in [0.1, 0.15) is 71.7 Å². The molecule has 0 saturated carbocycles. The maximum Gasteiger partial charge on any atom is 0.342 e. The van der Waals surface area contributed by atoms with Crippen molar-refractivity contribution in [3.05, 3.63) is 136 Å². The Bertz CT molecular complexity index is 2540. The lowest BCUT2D eigenvalue weighted by molar-refractivity contribution is -0.138. The molecule has 4 amide bonds. The molecule has 0 bridgehead atoms. The zero-order chi connectivity index (χ0) is 49.9. The smallest absolute Gasteiger partial charge is 0.342 e. The summed E-state index contributed by atoms with van der Waals surface area (Å²) in [4.78, 5) is 91.6. The van der Waals surface area contributed by atoms with Crippen molar-refractivity contribution in [2.75, 3.05) is 26.5 Å². The molecule has 1 saturated heterocycles. The van der Waals surface area contributed by atoms with Gasteiger partial charge in [-0.25, -0.2) is 4.79 Å². The summed E-state index contributed by atoms with van der Waals surface area (Å²) in [6.45, 7) is 2.84. The maximum absolute atomic E-state index is 13.0. The Hall–Kier alpha value is -5.56. The number of carbonyl (C=O) groups is 4. The van der Waals surface area contributed by atoms with E-state index in [-0.39, 0.29) is 44.1 Å². The summed E-state index contributed by atoms with van der Waals surface area (Å²) in [5.41, 5.74) is 14.0. The first-order valence-corrected chi connectivity index (χ1v) is 25.7. The molecule has 0 aliphatic carbocycles. The first-order valence-electron chi connectivity index (χ1n) is 20.4. The van der Waals surface area contributed by atoms with Gasteiger partial charge in [0.15, 0.2) is 0 Å². The van der Waals surface area contributed by atoms with E-state index in [2.05, 4.69) is 19.7 Å². The van der Waals surface area contributed by atoms with Crippen LogP contribution in [-0.4, -0.2) is 90.7 Å². The summed E-state index contributed by atoms with van der Waals surface area (Å²) in [5, 5.41) is 21.8. The molecule has 0 aromatic heterocycles. The molecule has 1 aliphatic heterocycles. The summed E-state index contributed by atoms with van der Waals surface area (Å²) < 4.78 is 46.0. The fourth-order valence-electron chi connectivity index (χ4n) is 7.35. The fraction of sp³-hybridized carbons (Fsp3) is 0.326. The van der Waals surface area contributed by atoms with E-state index in [4.69, 9.17) is 16.9 Å². The van der Waals surface area contributed by atoms with Gasteiger partial charge in [0.05, 0.1) is 24.8 Å². The lowest BCUT2D eigenvalue weighted by Gasteiger charge is -2.32. The topological polar surface area (TPSA) is 346 Å². The molecule has 24 heteroatoms. The number of anilines is 1. The molecule has 0 spiro atoms. The van der Waals surface area contributed by atoms with Crippen molar-refractivity contribution in [1.29, 1.82) is 5.41 Å². The van der Waals surface area contributed by atoms with Crippen LogP contribution in [0, 0.1) is 5.41 Å². The third-order valence-corrected chi connectivity index (χ3v) is 14.7. The minimum atomic E-state index is -4.53. The van der Waals surface area contributed by atoms with Gasteiger partial charge in [0.1, 0.15) is 23.7 Å². The number of nitrogens with one attached hydrogen (secondary N) is 3. The van der Waals surface area contributed by atoms with Crippen LogP contribution in [0.15, 0.2) is 97.1 Å². The number of urea groups is 1. The van der Waals surface area contributed by atoms with Crippen molar-refractivity contribution in [3.8, 4) is 0 Å². The molecule has 4 aromatic rings. The van der Waals surface area contributed by atoms with E-state index in [1.807, 2.05) is 0 Å². The Kier molecular flexibility index (Phi) is 18.5. The highest BCUT2D eigenvalue weighted by Crippen LogP contribution is 2.48. The number of nitrogens with zero attached hydrogens (tertiary/aromatic N) is 2. The average molecular weight is 988 g/mol. The van der Waals surface area contributed by atoms with Gasteiger partial charge in [-0.15, -0.1) is 0 Å². The monoisotopic (exact) mass is 987 g/mol. The number of nitrogens with two attached hydrogens (primary N) is 2. The second-order valence-electron chi connectivity index (χ2n) is 15.8. The molecule has 5 rings (SSSR count). The molecule has 4 aromatic carbocycles. The van der Waals surface area contributed by atoms with Crippen LogP contribution < -0.4 is 22.1 Å². The highest BCUT2D eigenvalue weighted by atomic mass is 31.2. The Balaban J connectivity index is 0.000000293. The van der Waals surface area contributed by atoms with E-state index in [9.17, 15) is 57.6 Å². The van der Waals surface area contributed by atoms with E-state index in [0.717, 1.165) is 24.7 Å². The lowest BCUT2D eigenvalue weighted by atomic mass is 9.91. The van der Waals surface area contributed by atoms with Gasteiger partial charge < -0.3 is 55.8 Å². The molecule has 1 fully saturated rings. The number of carbonyl (C=O) groups excluding carboxylic acids is 3. The van der Waals surface area contributed by atoms with Crippen LogP contribution in [0.4, 0.5) is 10.5 Å². The Labute approximate surface area is 387 Å². The summed E-state index contributed by atoms with van der Waals surface area (Å²) in [6.07, 6.45) is -0.893. The van der Waals surface area contributed by atoms with Crippen LogP contribution in [-0.2, 0) is 68.1 Å². The van der Waals surface area contributed by atoms with Crippen molar-refractivity contribution in [3.63, 3.8) is 0 Å². The molecule has 0 radical (unpaired) electrons. The van der Waals surface area contributed by atoms with E-state index < -0.39 is 70.5 Å². The molecule has 67 heavy (non-hydrogen) atoms. The van der Waals surface area contributed by atoms with E-state index in [1.54, 1.807) is 103 Å². The van der Waals surface area contributed by atoms with Gasteiger partial charge in [-0.05, 0) is 58.9 Å². The van der Waals surface area contributed by atoms with Crippen LogP contribution in [0.3, 0.4) is 0 Å². The van der Waals surface area contributed by atoms with Gasteiger partial charge in [-0.3, -0.25) is 43.3 Å². The highest BCUT2D eigenvalue weighted by Gasteiger charge is 2.49. The van der Waals surface area contributed by atoms with Gasteiger partial charge in [-0.1, -0.05) is 91.9 Å². The molecule has 5 atom stereocenters. The zero-order valence-corrected chi connectivity index (χ0v) is 39.8. The summed E-state index contributed by atoms with van der Waals surface area (Å²) in [7, 11) is -10.2. The van der Waals surface area contributed by atoms with E-state index >= 15 is 0 Å². The number of nitrogen functional groups attached to an aromatic ring is 2. The standard InChI is InChI=1S/C22H23N5O5.C21H33N2O9P3/c1-22(15-9-7-14(8-10-15)19(23)24)20(31)27(21(32)26-22)12-17(28)25-16(11-18(29)30)13-5-3-2-4-6-13;1-4-21(35(28,29)30)23(12-16-6-5-7-20(22)11-16)13-17-8-18(14-33(24,25)31-2)10-19(9-17)15-34(26,27)32-3/h2-10,16H,11-12H2,1H3,(H3,23,24)(H,25,28)(H,26,32)(H,29,30);5-11,21H,4,12-15,22H2,1-3H3,(H,24,25)(H,26,27)(H2,28,29,30). The van der Waals surface area contributed by atoms with Gasteiger partial charge in [0.2, 0.25) is 5.91 Å². The number of hydrogen-bond acceptors (Lipinski definition) is 12. The maximum atomic E-state index is 13.0. The lowest BCUT2D eigenvalue weighted by Crippen LogP contribution is -2.44. The molecule has 21 nitrogen and oxygen atoms in total. The molecule has 12 N–H and O–H groups in total. The third-order valence-electron chi connectivity index (χ3n) is 10.6. The second-order valence-corrected chi connectivity index (χ2v) is 21.5. The summed E-state index contributed by atoms with van der Waals surface area (Å²) >= 11 is 0. The average Bonchev–Trinajstić information content (AvgIpc) is 3.46. The predicted octanol–water partition coefficient (Wildman–Crippen LogP) is 4.92. The van der Waals surface area contributed by atoms with Crippen molar-refractivity contribution in [1.82, 2.24) is 20.4 Å². The molecule has 1 heterocycles. The number of amides is 4. The predicted molar refractivity (Wildman–Crippen MR) is 248 cm³/mol. The largest absolute Gasteiger partial charge is 0.481 e. The molecule has 362 valence electrons. The highest BCUT2D eigenvalue weighted by molar-refractivity contribution is 7.52. The number of carboxylic acid groups (broad SMARTS) is 1. The van der Waals surface area contributed by atoms with E-state index in [1.165, 1.54) is 13.0 Å². The van der Waals surface area contributed by atoms with Crippen LogP contribution in [0.5, 0.6) is 0 Å². The fourth-order valence-corrected chi connectivity index (χ4v) is 9.97. The normalized spacial score (nSPS) is 17.6. The number of hydrogen-bond donors (Lipinski definition) is 10. The first kappa shape index (κ1) is 54.0. The van der Waals surface area contributed by atoms with Gasteiger partial charge in [0.25, 0.3) is 5.91 Å². The Morgan fingerprint density at radius 3 is 1.88 bits per heavy atom. The number of rotatable bonds is 21. The van der Waals surface area contributed by atoms with Crippen molar-refractivity contribution < 1.29 is 66.6 Å². The van der Waals surface area contributed by atoms with Crippen LogP contribution in [0.25, 0.3) is 0 Å². The number of amidine groups is 1. The minimum Gasteiger partial charge on any atom is -0.481 e. The Morgan fingerprint density at radius 1 is 0.836 bits per heavy atom. The summed E-state index contributed by atoms with van der Waals surface area (Å²) in [6, 6.07) is 25.0. The van der Waals surface area contributed by atoms with E-state index in [0.29, 0.717) is 39.1 Å². The molecule has 5 unspecified atom stereocenters. The van der Waals surface area contributed by atoms with Crippen LogP contribution >= 0.6 is 22.8 Å². The van der Waals surface area contributed by atoms with Gasteiger partial charge in [0, 0.05) is 38.6 Å². The summed E-state index contributed by atoms with van der Waals surface area (Å²) in [5.74, 6) is -3.63. The van der Waals surface area contributed by atoms with Crippen molar-refractivity contribution in [2.45, 2.75) is 69.5 Å². The molecule has 1 aliphatic rings. The molecular formula is C43H56N7O14P3. The molecular weight excluding hydrogens is 931 g/mol. The van der Waals surface area contributed by atoms with Gasteiger partial charge >= 0.3 is 34.8 Å². The zero-order valence-electron chi connectivity index (χ0n) is 37.1. The minimum absolute atomic E-state index is 0.0463. The number of benzene rings is 4. The van der Waals surface area contributed by atoms with Gasteiger partial charge in [-0.2, -0.15) is 0 Å². The quantitative estimate of drug-likeness (QED) is 0.0174. The van der Waals surface area contributed by atoms with Crippen molar-refractivity contribution >= 4 is 58.1 Å². The number of carboxylic acids is 1.